The summed E-state index contributed by atoms with van der Waals surface area (Å²) < 4.78 is 5.51. The number of rotatable bonds is 2. The van der Waals surface area contributed by atoms with E-state index >= 15 is 0 Å². The molecule has 1 aromatic heterocycles. The number of hydrogen-bond acceptors (Lipinski definition) is 3. The first-order valence-electron chi connectivity index (χ1n) is 8.16. The van der Waals surface area contributed by atoms with Crippen molar-refractivity contribution in [2.45, 2.75) is 37.7 Å². The van der Waals surface area contributed by atoms with Crippen LogP contribution in [0.15, 0.2) is 24.3 Å². The largest absolute Gasteiger partial charge is 1.00 e. The fourth-order valence-electron chi connectivity index (χ4n) is 3.52. The van der Waals surface area contributed by atoms with Crippen LogP contribution in [0.3, 0.4) is 0 Å². The number of aromatic nitrogens is 2. The van der Waals surface area contributed by atoms with Gasteiger partial charge < -0.3 is 27.0 Å². The average molecular weight is 335 g/mol. The summed E-state index contributed by atoms with van der Waals surface area (Å²) in [6, 6.07) is 8.12. The Bertz CT molecular complexity index is 640. The number of nitrogens with zero attached hydrogens (tertiary/aromatic N) is 2. The van der Waals surface area contributed by atoms with Gasteiger partial charge in [-0.1, -0.05) is 12.1 Å². The second-order valence-electron chi connectivity index (χ2n) is 6.24. The Hall–Kier alpha value is -1.59. The minimum atomic E-state index is -0.192. The minimum absolute atomic E-state index is 0. The van der Waals surface area contributed by atoms with Crippen LogP contribution in [0, 0.1) is 0 Å². The number of halogens is 1. The standard InChI is InChI=1S/C17H21N3O2.ClH/c21-17(15-6-3-11-22-15)20-9-7-12(8-10-20)16-18-13-4-1-2-5-14(13)19-16;/h1-2,4-5,12,15H,3,6-11H2,(H,18,19);1H/p-1. The summed E-state index contributed by atoms with van der Waals surface area (Å²) in [6.07, 6.45) is 3.63. The van der Waals surface area contributed by atoms with Crippen molar-refractivity contribution in [3.8, 4) is 0 Å². The normalized spacial score (nSPS) is 22.3. The minimum Gasteiger partial charge on any atom is -1.00 e. The zero-order valence-corrected chi connectivity index (χ0v) is 13.8. The lowest BCUT2D eigenvalue weighted by atomic mass is 9.95. The molecule has 0 aliphatic carbocycles. The van der Waals surface area contributed by atoms with Gasteiger partial charge in [-0.3, -0.25) is 4.79 Å². The van der Waals surface area contributed by atoms with E-state index in [1.165, 1.54) is 0 Å². The van der Waals surface area contributed by atoms with Crippen LogP contribution in [0.25, 0.3) is 11.0 Å². The third-order valence-electron chi connectivity index (χ3n) is 4.81. The number of piperidine rings is 1. The third kappa shape index (κ3) is 3.21. The maximum atomic E-state index is 12.4. The van der Waals surface area contributed by atoms with Crippen molar-refractivity contribution in [1.82, 2.24) is 14.9 Å². The van der Waals surface area contributed by atoms with Gasteiger partial charge in [0.1, 0.15) is 11.9 Å². The van der Waals surface area contributed by atoms with E-state index in [0.717, 1.165) is 62.2 Å². The highest BCUT2D eigenvalue weighted by Gasteiger charge is 2.31. The molecule has 5 nitrogen and oxygen atoms in total. The van der Waals surface area contributed by atoms with Gasteiger partial charge in [0.15, 0.2) is 0 Å². The van der Waals surface area contributed by atoms with Gasteiger partial charge in [0.25, 0.3) is 5.91 Å². The van der Waals surface area contributed by atoms with Gasteiger partial charge in [-0.15, -0.1) is 0 Å². The van der Waals surface area contributed by atoms with Crippen molar-refractivity contribution in [2.75, 3.05) is 19.7 Å². The fourth-order valence-corrected chi connectivity index (χ4v) is 3.52. The molecule has 0 bridgehead atoms. The van der Waals surface area contributed by atoms with Crippen LogP contribution in [0.2, 0.25) is 0 Å². The monoisotopic (exact) mass is 334 g/mol. The zero-order chi connectivity index (χ0) is 14.9. The van der Waals surface area contributed by atoms with Crippen molar-refractivity contribution in [3.05, 3.63) is 30.1 Å². The van der Waals surface area contributed by atoms with E-state index in [0.29, 0.717) is 5.92 Å². The van der Waals surface area contributed by atoms with Crippen molar-refractivity contribution >= 4 is 16.9 Å². The number of imidazole rings is 1. The molecule has 1 atom stereocenters. The topological polar surface area (TPSA) is 58.2 Å². The first-order chi connectivity index (χ1) is 10.8. The Kier molecular flexibility index (Phi) is 4.87. The zero-order valence-electron chi connectivity index (χ0n) is 13.0. The number of para-hydroxylation sites is 2. The van der Waals surface area contributed by atoms with Gasteiger partial charge in [-0.05, 0) is 37.8 Å². The van der Waals surface area contributed by atoms with E-state index in [-0.39, 0.29) is 24.4 Å². The lowest BCUT2D eigenvalue weighted by molar-refractivity contribution is -0.142. The first kappa shape index (κ1) is 16.3. The number of likely N-dealkylation sites (tertiary alicyclic amines) is 1. The Labute approximate surface area is 141 Å². The number of carbonyl (C=O) groups excluding carboxylic acids is 1. The van der Waals surface area contributed by atoms with Gasteiger partial charge in [-0.25, -0.2) is 4.98 Å². The SMILES string of the molecule is O=C(C1CCCO1)N1CCC(c2nc3ccccc3[nH]2)CC1.[Cl-]. The van der Waals surface area contributed by atoms with E-state index in [1.54, 1.807) is 0 Å². The number of carbonyl (C=O) groups is 1. The van der Waals surface area contributed by atoms with E-state index in [9.17, 15) is 4.79 Å². The fraction of sp³-hybridized carbons (Fsp3) is 0.529. The molecule has 6 heteroatoms. The maximum Gasteiger partial charge on any atom is 0.251 e. The van der Waals surface area contributed by atoms with Crippen LogP contribution >= 0.6 is 0 Å². The predicted molar refractivity (Wildman–Crippen MR) is 83.6 cm³/mol. The van der Waals surface area contributed by atoms with Crippen LogP contribution < -0.4 is 12.4 Å². The number of nitrogens with one attached hydrogen (secondary N) is 1. The van der Waals surface area contributed by atoms with Crippen LogP contribution in [-0.2, 0) is 9.53 Å². The number of ether oxygens (including phenoxy) is 1. The molecule has 1 aromatic carbocycles. The molecule has 23 heavy (non-hydrogen) atoms. The Morgan fingerprint density at radius 3 is 2.70 bits per heavy atom. The number of fused-ring (bicyclic) bond motifs is 1. The highest BCUT2D eigenvalue weighted by molar-refractivity contribution is 5.81. The summed E-state index contributed by atoms with van der Waals surface area (Å²) in [4.78, 5) is 22.5. The van der Waals surface area contributed by atoms with E-state index < -0.39 is 0 Å². The van der Waals surface area contributed by atoms with Crippen LogP contribution in [0.5, 0.6) is 0 Å². The molecule has 0 spiro atoms. The quantitative estimate of drug-likeness (QED) is 0.802. The molecule has 0 saturated carbocycles. The second-order valence-corrected chi connectivity index (χ2v) is 6.24. The second kappa shape index (κ2) is 6.89. The van der Waals surface area contributed by atoms with Gasteiger partial charge in [-0.2, -0.15) is 0 Å². The molecule has 3 heterocycles. The lowest BCUT2D eigenvalue weighted by Gasteiger charge is -2.32. The van der Waals surface area contributed by atoms with E-state index in [1.807, 2.05) is 23.1 Å². The Balaban J connectivity index is 0.00000156. The summed E-state index contributed by atoms with van der Waals surface area (Å²) in [6.45, 7) is 2.34. The number of H-pyrrole nitrogens is 1. The van der Waals surface area contributed by atoms with Crippen molar-refractivity contribution < 1.29 is 21.9 Å². The molecule has 4 rings (SSSR count). The van der Waals surface area contributed by atoms with Crippen LogP contribution in [0.1, 0.15) is 37.4 Å². The third-order valence-corrected chi connectivity index (χ3v) is 4.81. The maximum absolute atomic E-state index is 12.4. The van der Waals surface area contributed by atoms with Crippen molar-refractivity contribution in [2.24, 2.45) is 0 Å². The molecule has 2 aliphatic heterocycles. The van der Waals surface area contributed by atoms with Gasteiger partial charge in [0.05, 0.1) is 11.0 Å². The number of amides is 1. The molecule has 124 valence electrons. The molecule has 1 unspecified atom stereocenters. The summed E-state index contributed by atoms with van der Waals surface area (Å²) in [5.41, 5.74) is 2.12. The summed E-state index contributed by atoms with van der Waals surface area (Å²) in [7, 11) is 0. The molecule has 1 amide bonds. The number of benzene rings is 1. The lowest BCUT2D eigenvalue weighted by Crippen LogP contribution is -3.00. The summed E-state index contributed by atoms with van der Waals surface area (Å²) in [5.74, 6) is 1.66. The molecule has 2 fully saturated rings. The molecule has 1 N–H and O–H groups in total. The highest BCUT2D eigenvalue weighted by atomic mass is 35.5. The summed E-state index contributed by atoms with van der Waals surface area (Å²) in [5, 5.41) is 0. The van der Waals surface area contributed by atoms with Crippen molar-refractivity contribution in [3.63, 3.8) is 0 Å². The van der Waals surface area contributed by atoms with Gasteiger partial charge >= 0.3 is 0 Å². The molecule has 0 radical (unpaired) electrons. The summed E-state index contributed by atoms with van der Waals surface area (Å²) >= 11 is 0. The van der Waals surface area contributed by atoms with Crippen molar-refractivity contribution in [1.29, 1.82) is 0 Å². The smallest absolute Gasteiger partial charge is 0.251 e. The molecular formula is C17H21ClN3O2-. The first-order valence-corrected chi connectivity index (χ1v) is 8.16. The van der Waals surface area contributed by atoms with Crippen LogP contribution in [-0.4, -0.2) is 46.6 Å². The highest BCUT2D eigenvalue weighted by Crippen LogP contribution is 2.28. The van der Waals surface area contributed by atoms with Gasteiger partial charge in [0, 0.05) is 25.6 Å². The number of aromatic amines is 1. The van der Waals surface area contributed by atoms with E-state index in [2.05, 4.69) is 11.1 Å². The Morgan fingerprint density at radius 2 is 2.00 bits per heavy atom. The average Bonchev–Trinajstić information content (AvgIpc) is 3.23. The molecular weight excluding hydrogens is 314 g/mol. The Morgan fingerprint density at radius 1 is 1.22 bits per heavy atom. The van der Waals surface area contributed by atoms with Gasteiger partial charge in [0.2, 0.25) is 0 Å². The predicted octanol–water partition coefficient (Wildman–Crippen LogP) is -0.548. The van der Waals surface area contributed by atoms with E-state index in [4.69, 9.17) is 9.72 Å². The molecule has 2 saturated heterocycles. The number of hydrogen-bond donors (Lipinski definition) is 1. The molecule has 2 aromatic rings. The van der Waals surface area contributed by atoms with Crippen LogP contribution in [0.4, 0.5) is 0 Å². The molecule has 2 aliphatic rings.